The van der Waals surface area contributed by atoms with E-state index >= 15 is 0 Å². The van der Waals surface area contributed by atoms with Crippen LogP contribution in [0.1, 0.15) is 50.1 Å². The molecule has 3 aromatic rings. The third kappa shape index (κ3) is 5.37. The number of carbonyl (C=O) groups is 1. The number of nitrogens with zero attached hydrogens (tertiary/aromatic N) is 2. The lowest BCUT2D eigenvalue weighted by Crippen LogP contribution is -2.30. The van der Waals surface area contributed by atoms with Gasteiger partial charge in [-0.25, -0.2) is 22.9 Å². The van der Waals surface area contributed by atoms with E-state index in [1.807, 2.05) is 41.3 Å². The monoisotopic (exact) mass is 455 g/mol. The van der Waals surface area contributed by atoms with Gasteiger partial charge in [-0.2, -0.15) is 0 Å². The molecule has 0 saturated carbocycles. The van der Waals surface area contributed by atoms with Crippen LogP contribution in [0.15, 0.2) is 59.8 Å². The van der Waals surface area contributed by atoms with E-state index < -0.39 is 16.1 Å². The zero-order valence-electron chi connectivity index (χ0n) is 18.8. The minimum atomic E-state index is -4.09. The van der Waals surface area contributed by atoms with Gasteiger partial charge in [-0.1, -0.05) is 57.5 Å². The Hall–Kier alpha value is -3.13. The first-order chi connectivity index (χ1) is 15.2. The summed E-state index contributed by atoms with van der Waals surface area (Å²) in [7, 11) is -2.96. The number of methoxy groups -OCH3 is 1. The molecule has 1 heterocycles. The van der Waals surface area contributed by atoms with Gasteiger partial charge in [-0.3, -0.25) is 0 Å². The molecule has 8 heteroatoms. The Morgan fingerprint density at radius 3 is 2.44 bits per heavy atom. The van der Waals surface area contributed by atoms with Crippen molar-refractivity contribution in [2.75, 3.05) is 7.11 Å². The molecule has 0 aliphatic heterocycles. The van der Waals surface area contributed by atoms with Gasteiger partial charge in [0, 0.05) is 30.4 Å². The molecule has 0 fully saturated rings. The Balaban J connectivity index is 1.97. The summed E-state index contributed by atoms with van der Waals surface area (Å²) < 4.78 is 34.2. The topological polar surface area (TPSA) is 90.3 Å². The minimum Gasteiger partial charge on any atom is -0.452 e. The number of aromatic nitrogens is 2. The highest BCUT2D eigenvalue weighted by Crippen LogP contribution is 2.30. The number of nitrogens with one attached hydrogen (secondary N) is 1. The first-order valence-corrected chi connectivity index (χ1v) is 12.1. The molecule has 32 heavy (non-hydrogen) atoms. The lowest BCUT2D eigenvalue weighted by atomic mass is 10.00. The van der Waals surface area contributed by atoms with Gasteiger partial charge in [0.15, 0.2) is 0 Å². The van der Waals surface area contributed by atoms with Crippen LogP contribution in [0.2, 0.25) is 0 Å². The number of hydrogen-bond acceptors (Lipinski definition) is 5. The van der Waals surface area contributed by atoms with Crippen molar-refractivity contribution in [1.29, 1.82) is 0 Å². The molecule has 0 aliphatic rings. The molecule has 1 amide bonds. The normalized spacial score (nSPS) is 11.5. The van der Waals surface area contributed by atoms with Crippen LogP contribution in [0.4, 0.5) is 4.79 Å². The second-order valence-corrected chi connectivity index (χ2v) is 9.59. The quantitative estimate of drug-likeness (QED) is 0.531. The van der Waals surface area contributed by atoms with Gasteiger partial charge < -0.3 is 9.30 Å². The van der Waals surface area contributed by atoms with Crippen molar-refractivity contribution in [3.05, 3.63) is 71.8 Å². The molecular formula is C24H29N3O4S. The molecule has 170 valence electrons. The summed E-state index contributed by atoms with van der Waals surface area (Å²) in [5.74, 6) is 1.34. The van der Waals surface area contributed by atoms with Crippen molar-refractivity contribution in [3.63, 3.8) is 0 Å². The second-order valence-electron chi connectivity index (χ2n) is 7.94. The van der Waals surface area contributed by atoms with Gasteiger partial charge in [0.2, 0.25) is 0 Å². The maximum atomic E-state index is 12.8. The van der Waals surface area contributed by atoms with Gasteiger partial charge in [0.25, 0.3) is 10.0 Å². The Labute approximate surface area is 189 Å². The molecule has 0 saturated heterocycles. The molecule has 0 atom stereocenters. The van der Waals surface area contributed by atoms with Crippen molar-refractivity contribution in [2.45, 2.75) is 51.0 Å². The predicted molar refractivity (Wildman–Crippen MR) is 124 cm³/mol. The number of carbonyl (C=O) groups excluding carboxylic acids is 1. The minimum absolute atomic E-state index is 0.0345. The van der Waals surface area contributed by atoms with Crippen LogP contribution in [-0.2, 0) is 27.7 Å². The van der Waals surface area contributed by atoms with Crippen LogP contribution < -0.4 is 4.72 Å². The van der Waals surface area contributed by atoms with E-state index in [0.717, 1.165) is 42.5 Å². The van der Waals surface area contributed by atoms with Crippen LogP contribution in [0.25, 0.3) is 11.1 Å². The maximum absolute atomic E-state index is 12.8. The van der Waals surface area contributed by atoms with E-state index in [4.69, 9.17) is 0 Å². The molecule has 0 radical (unpaired) electrons. The highest BCUT2D eigenvalue weighted by Gasteiger charge is 2.23. The fraction of sp³-hybridized carbons (Fsp3) is 0.333. The van der Waals surface area contributed by atoms with E-state index in [1.54, 1.807) is 18.3 Å². The average Bonchev–Trinajstić information content (AvgIpc) is 3.22. The van der Waals surface area contributed by atoms with Crippen LogP contribution in [0.3, 0.4) is 0 Å². The zero-order chi connectivity index (χ0) is 23.3. The molecule has 0 aliphatic carbocycles. The van der Waals surface area contributed by atoms with E-state index in [9.17, 15) is 13.2 Å². The van der Waals surface area contributed by atoms with Gasteiger partial charge >= 0.3 is 6.09 Å². The first-order valence-electron chi connectivity index (χ1n) is 10.6. The van der Waals surface area contributed by atoms with Crippen LogP contribution in [-0.4, -0.2) is 31.2 Å². The molecule has 0 bridgehead atoms. The summed E-state index contributed by atoms with van der Waals surface area (Å²) in [6.07, 6.45) is 4.50. The lowest BCUT2D eigenvalue weighted by Gasteiger charge is -2.14. The fourth-order valence-electron chi connectivity index (χ4n) is 3.63. The van der Waals surface area contributed by atoms with Crippen molar-refractivity contribution < 1.29 is 17.9 Å². The van der Waals surface area contributed by atoms with Gasteiger partial charge in [0.1, 0.15) is 5.82 Å². The van der Waals surface area contributed by atoms with Crippen molar-refractivity contribution in [3.8, 4) is 11.1 Å². The zero-order valence-corrected chi connectivity index (χ0v) is 19.6. The number of rotatable bonds is 8. The summed E-state index contributed by atoms with van der Waals surface area (Å²) in [5, 5.41) is 0. The largest absolute Gasteiger partial charge is 0.452 e. The molecule has 1 aromatic heterocycles. The van der Waals surface area contributed by atoms with Crippen LogP contribution >= 0.6 is 0 Å². The highest BCUT2D eigenvalue weighted by molar-refractivity contribution is 7.90. The number of sulfonamides is 1. The molecule has 3 rings (SSSR count). The SMILES string of the molecule is CCCc1ccc(S(=O)(=O)NC(=O)OC)c(-c2ccc(Cn3ccnc3C(C)C)cc2)c1. The fourth-order valence-corrected chi connectivity index (χ4v) is 4.76. The third-order valence-corrected chi connectivity index (χ3v) is 6.53. The van der Waals surface area contributed by atoms with E-state index in [0.29, 0.717) is 18.0 Å². The van der Waals surface area contributed by atoms with Crippen molar-refractivity contribution in [1.82, 2.24) is 14.3 Å². The lowest BCUT2D eigenvalue weighted by molar-refractivity contribution is 0.177. The Bertz CT molecular complexity index is 1180. The number of hydrogen-bond donors (Lipinski definition) is 1. The molecular weight excluding hydrogens is 426 g/mol. The molecule has 0 spiro atoms. The summed E-state index contributed by atoms with van der Waals surface area (Å²) in [6.45, 7) is 6.96. The van der Waals surface area contributed by atoms with E-state index in [2.05, 4.69) is 35.1 Å². The molecule has 1 N–H and O–H groups in total. The smallest absolute Gasteiger partial charge is 0.420 e. The van der Waals surface area contributed by atoms with Gasteiger partial charge in [0.05, 0.1) is 12.0 Å². The number of ether oxygens (including phenoxy) is 1. The van der Waals surface area contributed by atoms with Gasteiger partial charge in [-0.15, -0.1) is 0 Å². The number of benzene rings is 2. The van der Waals surface area contributed by atoms with Gasteiger partial charge in [-0.05, 0) is 35.2 Å². The van der Waals surface area contributed by atoms with Crippen molar-refractivity contribution in [2.24, 2.45) is 0 Å². The summed E-state index contributed by atoms with van der Waals surface area (Å²) in [4.78, 5) is 16.0. The summed E-state index contributed by atoms with van der Waals surface area (Å²) in [6, 6.07) is 13.0. The Kier molecular flexibility index (Phi) is 7.35. The number of amides is 1. The Morgan fingerprint density at radius 2 is 1.81 bits per heavy atom. The summed E-state index contributed by atoms with van der Waals surface area (Å²) in [5.41, 5.74) is 3.41. The molecule has 7 nitrogen and oxygen atoms in total. The highest BCUT2D eigenvalue weighted by atomic mass is 32.2. The second kappa shape index (κ2) is 9.99. The Morgan fingerprint density at radius 1 is 1.12 bits per heavy atom. The predicted octanol–water partition coefficient (Wildman–Crippen LogP) is 4.72. The first kappa shape index (κ1) is 23.5. The standard InChI is InChI=1S/C24H29N3O4S/c1-5-6-18-9-12-22(32(29,30)26-24(28)31-4)21(15-18)20-10-7-19(8-11-20)16-27-14-13-25-23(27)17(2)3/h7-15,17H,5-6,16H2,1-4H3,(H,26,28). The number of imidazole rings is 1. The maximum Gasteiger partial charge on any atom is 0.420 e. The molecule has 2 aromatic carbocycles. The third-order valence-electron chi connectivity index (χ3n) is 5.16. The van der Waals surface area contributed by atoms with Crippen molar-refractivity contribution >= 4 is 16.1 Å². The number of aryl methyl sites for hydroxylation is 1. The van der Waals surface area contributed by atoms with E-state index in [1.165, 1.54) is 0 Å². The van der Waals surface area contributed by atoms with Crippen LogP contribution in [0.5, 0.6) is 0 Å². The molecule has 0 unspecified atom stereocenters. The summed E-state index contributed by atoms with van der Waals surface area (Å²) >= 11 is 0. The van der Waals surface area contributed by atoms with E-state index in [-0.39, 0.29) is 4.90 Å². The van der Waals surface area contributed by atoms with Crippen LogP contribution in [0, 0.1) is 0 Å². The average molecular weight is 456 g/mol.